The molecular weight excluding hydrogens is 511 g/mol. The van der Waals surface area contributed by atoms with E-state index in [1.807, 2.05) is 53.4 Å². The van der Waals surface area contributed by atoms with Crippen molar-refractivity contribution in [3.63, 3.8) is 0 Å². The molecule has 4 rings (SSSR count). The Hall–Kier alpha value is -3.68. The maximum Gasteiger partial charge on any atom is 0.490 e. The van der Waals surface area contributed by atoms with Crippen molar-refractivity contribution in [3.05, 3.63) is 54.2 Å². The van der Waals surface area contributed by atoms with Crippen molar-refractivity contribution in [2.45, 2.75) is 34.9 Å². The lowest BCUT2D eigenvalue weighted by Gasteiger charge is -2.33. The van der Waals surface area contributed by atoms with Crippen molar-refractivity contribution in [1.29, 1.82) is 0 Å². The number of carboxylic acid groups (broad SMARTS) is 2. The summed E-state index contributed by atoms with van der Waals surface area (Å²) in [6.45, 7) is 0.720. The maximum absolute atomic E-state index is 13.3. The van der Waals surface area contributed by atoms with Crippen molar-refractivity contribution < 1.29 is 41.8 Å². The summed E-state index contributed by atoms with van der Waals surface area (Å²) in [7, 11) is 0. The average molecular weight is 530 g/mol. The van der Waals surface area contributed by atoms with E-state index in [1.54, 1.807) is 0 Å². The van der Waals surface area contributed by atoms with E-state index in [0.717, 1.165) is 21.7 Å². The highest BCUT2D eigenvalue weighted by Gasteiger charge is 2.38. The fourth-order valence-electron chi connectivity index (χ4n) is 3.21. The largest absolute Gasteiger partial charge is 0.490 e. The van der Waals surface area contributed by atoms with Crippen LogP contribution in [0.5, 0.6) is 0 Å². The van der Waals surface area contributed by atoms with Crippen LogP contribution in [-0.2, 0) is 4.79 Å². The van der Waals surface area contributed by atoms with E-state index >= 15 is 0 Å². The molecular formula is C22H19F5N4O4S. The monoisotopic (exact) mass is 530 g/mol. The highest BCUT2D eigenvalue weighted by atomic mass is 32.2. The molecule has 1 fully saturated rings. The van der Waals surface area contributed by atoms with Gasteiger partial charge >= 0.3 is 18.1 Å². The standard InChI is InChI=1S/C20H18F2N4O2S.C2HF3O2/c21-20(22)9-11-26(12-10-20)15-5-1-13(2-6-15)14-3-7-16(8-4-14)29-18-17(19(27)28)23-25-24-18;3-2(4,5)1(6)7/h1-8H,9-12H2,(H,27,28)(H,23,24,25);(H,6,7). The van der Waals surface area contributed by atoms with E-state index in [1.165, 1.54) is 11.8 Å². The highest BCUT2D eigenvalue weighted by molar-refractivity contribution is 7.99. The van der Waals surface area contributed by atoms with Gasteiger partial charge in [-0.3, -0.25) is 5.10 Å². The number of aromatic amines is 1. The Morgan fingerprint density at radius 2 is 1.44 bits per heavy atom. The zero-order valence-electron chi connectivity index (χ0n) is 18.3. The molecule has 2 aromatic carbocycles. The topological polar surface area (TPSA) is 119 Å². The highest BCUT2D eigenvalue weighted by Crippen LogP contribution is 2.33. The summed E-state index contributed by atoms with van der Waals surface area (Å²) in [5.41, 5.74) is 2.93. The van der Waals surface area contributed by atoms with Gasteiger partial charge in [0.1, 0.15) is 0 Å². The molecule has 2 heterocycles. The summed E-state index contributed by atoms with van der Waals surface area (Å²) in [5, 5.41) is 26.2. The number of aromatic nitrogens is 3. The Balaban J connectivity index is 0.000000454. The Morgan fingerprint density at radius 1 is 0.944 bits per heavy atom. The molecule has 0 bridgehead atoms. The van der Waals surface area contributed by atoms with Gasteiger partial charge in [-0.1, -0.05) is 41.2 Å². The zero-order valence-corrected chi connectivity index (χ0v) is 19.1. The summed E-state index contributed by atoms with van der Waals surface area (Å²) >= 11 is 1.22. The van der Waals surface area contributed by atoms with E-state index in [2.05, 4.69) is 15.4 Å². The van der Waals surface area contributed by atoms with Gasteiger partial charge in [-0.2, -0.15) is 13.2 Å². The number of aromatic carboxylic acids is 1. The van der Waals surface area contributed by atoms with Crippen LogP contribution in [0.1, 0.15) is 23.3 Å². The van der Waals surface area contributed by atoms with Gasteiger partial charge in [0.05, 0.1) is 0 Å². The Bertz CT molecular complexity index is 1190. The van der Waals surface area contributed by atoms with Crippen LogP contribution in [0.25, 0.3) is 11.1 Å². The van der Waals surface area contributed by atoms with E-state index < -0.39 is 24.0 Å². The average Bonchev–Trinajstić information content (AvgIpc) is 3.28. The van der Waals surface area contributed by atoms with Crippen LogP contribution in [0.3, 0.4) is 0 Å². The molecule has 36 heavy (non-hydrogen) atoms. The number of anilines is 1. The molecule has 0 radical (unpaired) electrons. The summed E-state index contributed by atoms with van der Waals surface area (Å²) < 4.78 is 58.4. The van der Waals surface area contributed by atoms with Gasteiger partial charge in [0.15, 0.2) is 10.7 Å². The van der Waals surface area contributed by atoms with Gasteiger partial charge in [0.25, 0.3) is 5.92 Å². The van der Waals surface area contributed by atoms with Gasteiger partial charge in [0.2, 0.25) is 0 Å². The van der Waals surface area contributed by atoms with Crippen LogP contribution in [0.15, 0.2) is 58.5 Å². The zero-order chi connectivity index (χ0) is 26.5. The molecule has 0 unspecified atom stereocenters. The first kappa shape index (κ1) is 26.9. The number of alkyl halides is 5. The predicted octanol–water partition coefficient (Wildman–Crippen LogP) is 5.19. The van der Waals surface area contributed by atoms with Crippen LogP contribution >= 0.6 is 11.8 Å². The minimum absolute atomic E-state index is 0.0369. The van der Waals surface area contributed by atoms with Crippen LogP contribution in [0.2, 0.25) is 0 Å². The predicted molar refractivity (Wildman–Crippen MR) is 119 cm³/mol. The van der Waals surface area contributed by atoms with Gasteiger partial charge in [-0.15, -0.1) is 5.10 Å². The second-order valence-electron chi connectivity index (χ2n) is 7.62. The lowest BCUT2D eigenvalue weighted by Crippen LogP contribution is -2.39. The molecule has 0 amide bonds. The molecule has 0 spiro atoms. The van der Waals surface area contributed by atoms with E-state index in [-0.39, 0.29) is 18.5 Å². The number of rotatable bonds is 5. The summed E-state index contributed by atoms with van der Waals surface area (Å²) in [4.78, 5) is 22.8. The first-order valence-corrected chi connectivity index (χ1v) is 11.1. The van der Waals surface area contributed by atoms with Gasteiger partial charge < -0.3 is 15.1 Å². The van der Waals surface area contributed by atoms with Crippen LogP contribution in [0.4, 0.5) is 27.6 Å². The van der Waals surface area contributed by atoms with Crippen LogP contribution < -0.4 is 4.90 Å². The molecule has 8 nitrogen and oxygen atoms in total. The van der Waals surface area contributed by atoms with Crippen molar-refractivity contribution >= 4 is 29.4 Å². The fourth-order valence-corrected chi connectivity index (χ4v) is 4.02. The third kappa shape index (κ3) is 7.16. The second kappa shape index (κ2) is 10.9. The molecule has 3 aromatic rings. The lowest BCUT2D eigenvalue weighted by molar-refractivity contribution is -0.192. The smallest absolute Gasteiger partial charge is 0.476 e. The molecule has 1 saturated heterocycles. The number of hydrogen-bond acceptors (Lipinski definition) is 6. The molecule has 1 aromatic heterocycles. The quantitative estimate of drug-likeness (QED) is 0.386. The second-order valence-corrected chi connectivity index (χ2v) is 8.68. The van der Waals surface area contributed by atoms with Crippen LogP contribution in [-0.4, -0.2) is 62.8 Å². The summed E-state index contributed by atoms with van der Waals surface area (Å²) in [6.07, 6.45) is -5.30. The number of nitrogens with zero attached hydrogens (tertiary/aromatic N) is 3. The molecule has 0 aliphatic carbocycles. The van der Waals surface area contributed by atoms with Crippen LogP contribution in [0, 0.1) is 0 Å². The number of H-pyrrole nitrogens is 1. The number of carbonyl (C=O) groups is 2. The number of benzene rings is 2. The minimum Gasteiger partial charge on any atom is -0.476 e. The number of halogens is 5. The molecule has 1 aliphatic heterocycles. The van der Waals surface area contributed by atoms with Crippen molar-refractivity contribution in [1.82, 2.24) is 15.4 Å². The van der Waals surface area contributed by atoms with Crippen molar-refractivity contribution in [2.24, 2.45) is 0 Å². The number of hydrogen-bond donors (Lipinski definition) is 3. The molecule has 0 saturated carbocycles. The van der Waals surface area contributed by atoms with Gasteiger partial charge in [0, 0.05) is 36.5 Å². The minimum atomic E-state index is -5.08. The lowest BCUT2D eigenvalue weighted by atomic mass is 10.0. The summed E-state index contributed by atoms with van der Waals surface area (Å²) in [5.74, 6) is -6.41. The number of aliphatic carboxylic acids is 1. The third-order valence-corrected chi connectivity index (χ3v) is 6.09. The van der Waals surface area contributed by atoms with E-state index in [4.69, 9.17) is 15.0 Å². The number of carboxylic acids is 2. The van der Waals surface area contributed by atoms with Crippen molar-refractivity contribution in [2.75, 3.05) is 18.0 Å². The SMILES string of the molecule is O=C(O)C(F)(F)F.O=C(O)c1[nH]nnc1Sc1ccc(-c2ccc(N3CCC(F)(F)CC3)cc2)cc1. The first-order chi connectivity index (χ1) is 16.9. The normalized spacial score (nSPS) is 15.1. The fraction of sp³-hybridized carbons (Fsp3) is 0.273. The molecule has 3 N–H and O–H groups in total. The number of nitrogens with one attached hydrogen (secondary N) is 1. The maximum atomic E-state index is 13.3. The third-order valence-electron chi connectivity index (χ3n) is 5.10. The van der Waals surface area contributed by atoms with Gasteiger partial charge in [-0.25, -0.2) is 18.4 Å². The van der Waals surface area contributed by atoms with E-state index in [9.17, 15) is 26.7 Å². The Morgan fingerprint density at radius 3 is 1.92 bits per heavy atom. The van der Waals surface area contributed by atoms with E-state index in [0.29, 0.717) is 18.1 Å². The summed E-state index contributed by atoms with van der Waals surface area (Å²) in [6, 6.07) is 15.5. The van der Waals surface area contributed by atoms with Gasteiger partial charge in [-0.05, 0) is 35.4 Å². The first-order valence-electron chi connectivity index (χ1n) is 10.3. The molecule has 1 aliphatic rings. The molecule has 0 atom stereocenters. The molecule has 14 heteroatoms. The Labute approximate surface area is 205 Å². The number of piperidine rings is 1. The van der Waals surface area contributed by atoms with Crippen molar-refractivity contribution in [3.8, 4) is 11.1 Å². The molecule has 192 valence electrons. The Kier molecular flexibility index (Phi) is 8.17.